The number of ether oxygens (including phenoxy) is 1. The zero-order chi connectivity index (χ0) is 16.6. The van der Waals surface area contributed by atoms with E-state index in [0.29, 0.717) is 16.9 Å². The van der Waals surface area contributed by atoms with E-state index in [1.807, 2.05) is 43.3 Å². The van der Waals surface area contributed by atoms with Crippen LogP contribution in [0.4, 0.5) is 5.69 Å². The lowest BCUT2D eigenvalue weighted by Crippen LogP contribution is -2.08. The molecular formula is C18H17NO4. The maximum absolute atomic E-state index is 12.4. The minimum Gasteiger partial charge on any atom is -0.502 e. The van der Waals surface area contributed by atoms with Crippen LogP contribution in [0.15, 0.2) is 51.7 Å². The maximum Gasteiger partial charge on any atom is 0.235 e. The average molecular weight is 311 g/mol. The molecule has 118 valence electrons. The summed E-state index contributed by atoms with van der Waals surface area (Å²) in [6.45, 7) is 0. The lowest BCUT2D eigenvalue weighted by atomic mass is 10.1. The van der Waals surface area contributed by atoms with Crippen molar-refractivity contribution >= 4 is 16.7 Å². The molecule has 5 nitrogen and oxygen atoms in total. The molecule has 5 heteroatoms. The molecule has 0 aliphatic heterocycles. The summed E-state index contributed by atoms with van der Waals surface area (Å²) in [5.74, 6) is 0.300. The van der Waals surface area contributed by atoms with Gasteiger partial charge >= 0.3 is 0 Å². The fourth-order valence-corrected chi connectivity index (χ4v) is 2.40. The third kappa shape index (κ3) is 2.61. The number of aromatic hydroxyl groups is 1. The van der Waals surface area contributed by atoms with Crippen molar-refractivity contribution in [2.24, 2.45) is 0 Å². The van der Waals surface area contributed by atoms with Crippen molar-refractivity contribution in [2.45, 2.75) is 0 Å². The van der Waals surface area contributed by atoms with E-state index in [0.717, 1.165) is 5.69 Å². The summed E-state index contributed by atoms with van der Waals surface area (Å²) in [5.41, 5.74) is 1.58. The first-order chi connectivity index (χ1) is 11.0. The van der Waals surface area contributed by atoms with Crippen molar-refractivity contribution in [1.29, 1.82) is 0 Å². The lowest BCUT2D eigenvalue weighted by Gasteiger charge is -2.13. The molecule has 1 aromatic heterocycles. The standard InChI is InChI=1S/C18H17NO4/c1-19(2)12-6-4-11(5-7-12)18-17(21)16(20)14-10-13(22-3)8-9-15(14)23-18/h4-10,21H,1-3H3. The smallest absolute Gasteiger partial charge is 0.235 e. The van der Waals surface area contributed by atoms with Gasteiger partial charge in [0.2, 0.25) is 11.2 Å². The quantitative estimate of drug-likeness (QED) is 0.804. The first-order valence-electron chi connectivity index (χ1n) is 7.13. The Hall–Kier alpha value is -2.95. The molecule has 0 radical (unpaired) electrons. The average Bonchev–Trinajstić information content (AvgIpc) is 2.58. The minimum absolute atomic E-state index is 0.165. The Balaban J connectivity index is 2.18. The van der Waals surface area contributed by atoms with Crippen LogP contribution < -0.4 is 15.1 Å². The lowest BCUT2D eigenvalue weighted by molar-refractivity contribution is 0.414. The van der Waals surface area contributed by atoms with Gasteiger partial charge in [0, 0.05) is 25.3 Å². The Morgan fingerprint density at radius 3 is 2.39 bits per heavy atom. The number of methoxy groups -OCH3 is 1. The zero-order valence-electron chi connectivity index (χ0n) is 13.2. The van der Waals surface area contributed by atoms with Crippen LogP contribution in [0.25, 0.3) is 22.3 Å². The molecular weight excluding hydrogens is 294 g/mol. The van der Waals surface area contributed by atoms with Crippen LogP contribution in [0.3, 0.4) is 0 Å². The molecule has 3 aromatic rings. The van der Waals surface area contributed by atoms with E-state index in [1.165, 1.54) is 7.11 Å². The van der Waals surface area contributed by atoms with Crippen LogP contribution >= 0.6 is 0 Å². The van der Waals surface area contributed by atoms with Crippen LogP contribution in [0.2, 0.25) is 0 Å². The summed E-state index contributed by atoms with van der Waals surface area (Å²) < 4.78 is 10.8. The number of hydrogen-bond donors (Lipinski definition) is 1. The highest BCUT2D eigenvalue weighted by Gasteiger charge is 2.16. The number of nitrogens with zero attached hydrogens (tertiary/aromatic N) is 1. The molecule has 0 saturated carbocycles. The van der Waals surface area contributed by atoms with Gasteiger partial charge in [-0.1, -0.05) is 0 Å². The first-order valence-corrected chi connectivity index (χ1v) is 7.13. The molecule has 1 N–H and O–H groups in total. The van der Waals surface area contributed by atoms with Crippen molar-refractivity contribution in [2.75, 3.05) is 26.1 Å². The minimum atomic E-state index is -0.475. The van der Waals surface area contributed by atoms with Crippen molar-refractivity contribution in [3.63, 3.8) is 0 Å². The molecule has 0 spiro atoms. The van der Waals surface area contributed by atoms with E-state index < -0.39 is 11.2 Å². The molecule has 1 heterocycles. The number of fused-ring (bicyclic) bond motifs is 1. The highest BCUT2D eigenvalue weighted by molar-refractivity contribution is 5.83. The van der Waals surface area contributed by atoms with Crippen molar-refractivity contribution in [3.8, 4) is 22.8 Å². The molecule has 0 amide bonds. The van der Waals surface area contributed by atoms with Crippen LogP contribution in [0.1, 0.15) is 0 Å². The van der Waals surface area contributed by atoms with Crippen molar-refractivity contribution in [1.82, 2.24) is 0 Å². The summed E-state index contributed by atoms with van der Waals surface area (Å²) in [7, 11) is 5.40. The Labute approximate surface area is 133 Å². The number of hydrogen-bond acceptors (Lipinski definition) is 5. The normalized spacial score (nSPS) is 10.7. The van der Waals surface area contributed by atoms with Gasteiger partial charge in [0.1, 0.15) is 11.3 Å². The van der Waals surface area contributed by atoms with Gasteiger partial charge in [0.15, 0.2) is 5.76 Å². The van der Waals surface area contributed by atoms with Crippen molar-refractivity contribution in [3.05, 3.63) is 52.7 Å². The second kappa shape index (κ2) is 5.68. The predicted molar refractivity (Wildman–Crippen MR) is 90.5 cm³/mol. The summed E-state index contributed by atoms with van der Waals surface area (Å²) in [6, 6.07) is 12.3. The van der Waals surface area contributed by atoms with Gasteiger partial charge in [0.05, 0.1) is 12.5 Å². The number of benzene rings is 2. The molecule has 0 bridgehead atoms. The second-order valence-electron chi connectivity index (χ2n) is 5.41. The Morgan fingerprint density at radius 2 is 1.78 bits per heavy atom. The molecule has 0 unspecified atom stereocenters. The summed E-state index contributed by atoms with van der Waals surface area (Å²) in [5, 5.41) is 10.5. The van der Waals surface area contributed by atoms with Gasteiger partial charge in [0.25, 0.3) is 0 Å². The molecule has 2 aromatic carbocycles. The van der Waals surface area contributed by atoms with E-state index in [-0.39, 0.29) is 11.1 Å². The highest BCUT2D eigenvalue weighted by Crippen LogP contribution is 2.32. The van der Waals surface area contributed by atoms with Crippen molar-refractivity contribution < 1.29 is 14.3 Å². The number of rotatable bonds is 3. The van der Waals surface area contributed by atoms with Gasteiger partial charge in [-0.25, -0.2) is 0 Å². The van der Waals surface area contributed by atoms with Crippen LogP contribution in [0, 0.1) is 0 Å². The molecule has 0 aliphatic rings. The third-order valence-corrected chi connectivity index (χ3v) is 3.72. The summed E-state index contributed by atoms with van der Waals surface area (Å²) in [6.07, 6.45) is 0. The first kappa shape index (κ1) is 15.0. The molecule has 0 aliphatic carbocycles. The zero-order valence-corrected chi connectivity index (χ0v) is 13.2. The molecule has 3 rings (SSSR count). The predicted octanol–water partition coefficient (Wildman–Crippen LogP) is 3.24. The van der Waals surface area contributed by atoms with Gasteiger partial charge in [-0.05, 0) is 42.5 Å². The molecule has 0 fully saturated rings. The van der Waals surface area contributed by atoms with Gasteiger partial charge in [-0.15, -0.1) is 0 Å². The SMILES string of the molecule is COc1ccc2oc(-c3ccc(N(C)C)cc3)c(O)c(=O)c2c1. The molecule has 0 atom stereocenters. The van der Waals surface area contributed by atoms with Gasteiger partial charge in [-0.2, -0.15) is 0 Å². The van der Waals surface area contributed by atoms with E-state index in [9.17, 15) is 9.90 Å². The van der Waals surface area contributed by atoms with E-state index in [1.54, 1.807) is 18.2 Å². The summed E-state index contributed by atoms with van der Waals surface area (Å²) >= 11 is 0. The van der Waals surface area contributed by atoms with Gasteiger partial charge in [-0.3, -0.25) is 4.79 Å². The topological polar surface area (TPSA) is 62.9 Å². The maximum atomic E-state index is 12.4. The fourth-order valence-electron chi connectivity index (χ4n) is 2.40. The largest absolute Gasteiger partial charge is 0.502 e. The Morgan fingerprint density at radius 1 is 1.09 bits per heavy atom. The molecule has 0 saturated heterocycles. The summed E-state index contributed by atoms with van der Waals surface area (Å²) in [4.78, 5) is 14.4. The van der Waals surface area contributed by atoms with Gasteiger partial charge < -0.3 is 19.2 Å². The molecule has 23 heavy (non-hydrogen) atoms. The van der Waals surface area contributed by atoms with Crippen LogP contribution in [-0.2, 0) is 0 Å². The Bertz CT molecular complexity index is 911. The number of anilines is 1. The van der Waals surface area contributed by atoms with E-state index in [2.05, 4.69) is 0 Å². The Kier molecular flexibility index (Phi) is 3.70. The van der Waals surface area contributed by atoms with Crippen LogP contribution in [0.5, 0.6) is 11.5 Å². The monoisotopic (exact) mass is 311 g/mol. The second-order valence-corrected chi connectivity index (χ2v) is 5.41. The van der Waals surface area contributed by atoms with Crippen LogP contribution in [-0.4, -0.2) is 26.3 Å². The van der Waals surface area contributed by atoms with E-state index >= 15 is 0 Å². The fraction of sp³-hybridized carbons (Fsp3) is 0.167. The highest BCUT2D eigenvalue weighted by atomic mass is 16.5. The van der Waals surface area contributed by atoms with E-state index in [4.69, 9.17) is 9.15 Å². The third-order valence-electron chi connectivity index (χ3n) is 3.72.